The van der Waals surface area contributed by atoms with Gasteiger partial charge in [-0.25, -0.2) is 4.39 Å². The predicted molar refractivity (Wildman–Crippen MR) is 114 cm³/mol. The number of nitrogens with zero attached hydrogens (tertiary/aromatic N) is 1. The van der Waals surface area contributed by atoms with Crippen LogP contribution in [0.1, 0.15) is 49.1 Å². The van der Waals surface area contributed by atoms with Crippen LogP contribution in [0.15, 0.2) is 54.7 Å². The summed E-state index contributed by atoms with van der Waals surface area (Å²) in [5, 5.41) is 3.62. The van der Waals surface area contributed by atoms with Gasteiger partial charge in [-0.1, -0.05) is 0 Å². The molecular weight excluding hydrogens is 420 g/mol. The van der Waals surface area contributed by atoms with Crippen LogP contribution in [0.5, 0.6) is 0 Å². The second kappa shape index (κ2) is 7.57. The smallest absolute Gasteiger partial charge is 0.326 e. The first-order valence-electron chi connectivity index (χ1n) is 10.8. The van der Waals surface area contributed by atoms with Crippen LogP contribution in [0.25, 0.3) is 10.9 Å². The summed E-state index contributed by atoms with van der Waals surface area (Å²) >= 11 is 0. The van der Waals surface area contributed by atoms with Crippen molar-refractivity contribution in [2.24, 2.45) is 11.3 Å². The van der Waals surface area contributed by atoms with Gasteiger partial charge in [-0.05, 0) is 97.5 Å². The summed E-state index contributed by atoms with van der Waals surface area (Å²) in [6, 6.07) is 11.2. The van der Waals surface area contributed by atoms with Gasteiger partial charge in [0, 0.05) is 23.2 Å². The Kier molecular flexibility index (Phi) is 4.95. The third kappa shape index (κ3) is 3.85. The van der Waals surface area contributed by atoms with Crippen LogP contribution < -0.4 is 5.32 Å². The van der Waals surface area contributed by atoms with Crippen LogP contribution in [0.4, 0.5) is 23.2 Å². The Morgan fingerprint density at radius 3 is 2.44 bits per heavy atom. The highest BCUT2D eigenvalue weighted by molar-refractivity contribution is 5.95. The molecule has 32 heavy (non-hydrogen) atoms. The molecule has 1 heterocycles. The molecule has 3 aromatic rings. The van der Waals surface area contributed by atoms with E-state index >= 15 is 0 Å². The van der Waals surface area contributed by atoms with E-state index in [0.717, 1.165) is 60.7 Å². The van der Waals surface area contributed by atoms with Crippen LogP contribution in [-0.4, -0.2) is 10.9 Å². The van der Waals surface area contributed by atoms with Gasteiger partial charge < -0.3 is 5.32 Å². The molecule has 1 unspecified atom stereocenters. The number of carbonyl (C=O) groups excluding carboxylic acids is 1. The van der Waals surface area contributed by atoms with Gasteiger partial charge >= 0.3 is 6.18 Å². The van der Waals surface area contributed by atoms with Crippen LogP contribution >= 0.6 is 0 Å². The van der Waals surface area contributed by atoms with Crippen molar-refractivity contribution in [1.82, 2.24) is 4.98 Å². The minimum Gasteiger partial charge on any atom is -0.326 e. The number of amides is 1. The molecule has 2 saturated carbocycles. The summed E-state index contributed by atoms with van der Waals surface area (Å²) < 4.78 is 51.9. The monoisotopic (exact) mass is 442 g/mol. The SMILES string of the molecule is O=C(Nc1ccc(C(F)(F)F)cc1)C1CC12CCC(c1ccnc3ccc(F)cc13)CC2. The minimum absolute atomic E-state index is 0.0272. The highest BCUT2D eigenvalue weighted by Gasteiger charge is 2.58. The highest BCUT2D eigenvalue weighted by atomic mass is 19.4. The van der Waals surface area contributed by atoms with Crippen molar-refractivity contribution in [3.63, 3.8) is 0 Å². The van der Waals surface area contributed by atoms with Crippen LogP contribution in [0.2, 0.25) is 0 Å². The number of hydrogen-bond donors (Lipinski definition) is 1. The van der Waals surface area contributed by atoms with E-state index in [1.807, 2.05) is 6.07 Å². The number of alkyl halides is 3. The first-order chi connectivity index (χ1) is 15.2. The van der Waals surface area contributed by atoms with Crippen molar-refractivity contribution in [1.29, 1.82) is 0 Å². The molecule has 2 aliphatic carbocycles. The maximum Gasteiger partial charge on any atom is 0.416 e. The van der Waals surface area contributed by atoms with Gasteiger partial charge in [0.2, 0.25) is 5.91 Å². The van der Waals surface area contributed by atoms with Gasteiger partial charge in [0.15, 0.2) is 0 Å². The summed E-state index contributed by atoms with van der Waals surface area (Å²) in [6.07, 6.45) is 1.81. The van der Waals surface area contributed by atoms with Gasteiger partial charge in [0.25, 0.3) is 0 Å². The zero-order valence-corrected chi connectivity index (χ0v) is 17.3. The van der Waals surface area contributed by atoms with Gasteiger partial charge in [-0.2, -0.15) is 13.2 Å². The van der Waals surface area contributed by atoms with Crippen molar-refractivity contribution in [2.75, 3.05) is 5.32 Å². The van der Waals surface area contributed by atoms with Crippen molar-refractivity contribution in [3.8, 4) is 0 Å². The van der Waals surface area contributed by atoms with Gasteiger partial charge in [-0.3, -0.25) is 9.78 Å². The lowest BCUT2D eigenvalue weighted by Crippen LogP contribution is -2.22. The van der Waals surface area contributed by atoms with Crippen LogP contribution in [0.3, 0.4) is 0 Å². The average molecular weight is 442 g/mol. The lowest BCUT2D eigenvalue weighted by Gasteiger charge is -2.30. The van der Waals surface area contributed by atoms with E-state index in [1.165, 1.54) is 18.2 Å². The van der Waals surface area contributed by atoms with Crippen LogP contribution in [0, 0.1) is 17.2 Å². The predicted octanol–water partition coefficient (Wildman–Crippen LogP) is 6.70. The summed E-state index contributed by atoms with van der Waals surface area (Å²) in [5.74, 6) is -0.217. The Hall–Kier alpha value is -2.96. The Morgan fingerprint density at radius 2 is 1.75 bits per heavy atom. The summed E-state index contributed by atoms with van der Waals surface area (Å²) in [6.45, 7) is 0. The number of anilines is 1. The quantitative estimate of drug-likeness (QED) is 0.459. The number of fused-ring (bicyclic) bond motifs is 1. The molecular formula is C25H22F4N2O. The number of carbonyl (C=O) groups is 1. The fourth-order valence-corrected chi connectivity index (χ4v) is 5.24. The Labute approximate surface area is 182 Å². The maximum atomic E-state index is 13.8. The Morgan fingerprint density at radius 1 is 1.03 bits per heavy atom. The second-order valence-electron chi connectivity index (χ2n) is 9.02. The summed E-state index contributed by atoms with van der Waals surface area (Å²) in [4.78, 5) is 17.0. The fraction of sp³-hybridized carbons (Fsp3) is 0.360. The number of pyridine rings is 1. The summed E-state index contributed by atoms with van der Waals surface area (Å²) in [5.41, 5.74) is 1.50. The molecule has 1 amide bonds. The highest BCUT2D eigenvalue weighted by Crippen LogP contribution is 2.63. The van der Waals surface area contributed by atoms with Gasteiger partial charge in [0.05, 0.1) is 11.1 Å². The number of rotatable bonds is 3. The molecule has 2 aromatic carbocycles. The lowest BCUT2D eigenvalue weighted by atomic mass is 9.75. The van der Waals surface area contributed by atoms with Crippen molar-refractivity contribution < 1.29 is 22.4 Å². The Bertz CT molecular complexity index is 1160. The molecule has 1 spiro atoms. The lowest BCUT2D eigenvalue weighted by molar-refractivity contribution is -0.137. The zero-order chi connectivity index (χ0) is 22.5. The molecule has 7 heteroatoms. The molecule has 3 nitrogen and oxygen atoms in total. The number of aromatic nitrogens is 1. The van der Waals surface area contributed by atoms with E-state index in [2.05, 4.69) is 10.3 Å². The molecule has 5 rings (SSSR count). The molecule has 0 bridgehead atoms. The van der Waals surface area contributed by atoms with Crippen molar-refractivity contribution in [2.45, 2.75) is 44.2 Å². The molecule has 1 N–H and O–H groups in total. The molecule has 2 fully saturated rings. The first kappa shape index (κ1) is 20.9. The van der Waals surface area contributed by atoms with E-state index in [1.54, 1.807) is 18.3 Å². The number of nitrogens with one attached hydrogen (secondary N) is 1. The minimum atomic E-state index is -4.40. The van der Waals surface area contributed by atoms with E-state index in [-0.39, 0.29) is 23.1 Å². The third-order valence-corrected chi connectivity index (χ3v) is 7.14. The molecule has 1 atom stereocenters. The standard InChI is InChI=1S/C25H22F4N2O/c26-17-3-6-22-20(13-17)19(9-12-30-22)15-7-10-24(11-8-15)14-21(24)23(32)31-18-4-1-16(2-5-18)25(27,28)29/h1-6,9,12-13,15,21H,7-8,10-11,14H2,(H,31,32). The Balaban J connectivity index is 1.23. The molecule has 0 aliphatic heterocycles. The van der Waals surface area contributed by atoms with E-state index in [4.69, 9.17) is 0 Å². The molecule has 0 saturated heterocycles. The third-order valence-electron chi connectivity index (χ3n) is 7.14. The zero-order valence-electron chi connectivity index (χ0n) is 17.3. The topological polar surface area (TPSA) is 42.0 Å². The molecule has 1 aromatic heterocycles. The molecule has 2 aliphatic rings. The maximum absolute atomic E-state index is 13.8. The number of benzene rings is 2. The number of hydrogen-bond acceptors (Lipinski definition) is 2. The molecule has 166 valence electrons. The first-order valence-corrected chi connectivity index (χ1v) is 10.8. The van der Waals surface area contributed by atoms with Gasteiger partial charge in [-0.15, -0.1) is 0 Å². The van der Waals surface area contributed by atoms with E-state index in [0.29, 0.717) is 11.6 Å². The van der Waals surface area contributed by atoms with Gasteiger partial charge in [0.1, 0.15) is 5.82 Å². The van der Waals surface area contributed by atoms with E-state index in [9.17, 15) is 22.4 Å². The fourth-order valence-electron chi connectivity index (χ4n) is 5.24. The van der Waals surface area contributed by atoms with E-state index < -0.39 is 11.7 Å². The normalized spacial score (nSPS) is 25.1. The average Bonchev–Trinajstić information content (AvgIpc) is 3.47. The summed E-state index contributed by atoms with van der Waals surface area (Å²) in [7, 11) is 0. The van der Waals surface area contributed by atoms with Crippen molar-refractivity contribution >= 4 is 22.5 Å². The number of halogens is 4. The van der Waals surface area contributed by atoms with Crippen molar-refractivity contribution in [3.05, 3.63) is 71.7 Å². The molecule has 0 radical (unpaired) electrons. The second-order valence-corrected chi connectivity index (χ2v) is 9.02. The van der Waals surface area contributed by atoms with Crippen LogP contribution in [-0.2, 0) is 11.0 Å². The largest absolute Gasteiger partial charge is 0.416 e.